The van der Waals surface area contributed by atoms with Crippen LogP contribution in [0.4, 0.5) is 10.5 Å². The zero-order valence-electron chi connectivity index (χ0n) is 18.9. The summed E-state index contributed by atoms with van der Waals surface area (Å²) in [7, 11) is 0. The third-order valence-corrected chi connectivity index (χ3v) is 5.72. The van der Waals surface area contributed by atoms with Crippen molar-refractivity contribution in [2.45, 2.75) is 71.4 Å². The van der Waals surface area contributed by atoms with Crippen LogP contribution in [0.25, 0.3) is 0 Å². The highest BCUT2D eigenvalue weighted by atomic mass is 16.8. The Morgan fingerprint density at radius 1 is 0.900 bits per heavy atom. The van der Waals surface area contributed by atoms with E-state index in [-0.39, 0.29) is 24.8 Å². The van der Waals surface area contributed by atoms with Crippen molar-refractivity contribution < 1.29 is 14.3 Å². The SMILES string of the molecule is CC(C)c1cccc(C(C)C)c1NC(=O)NC[C@@]1(c2ccccc2)O[C@@H](C)[C@@H](C)O1. The van der Waals surface area contributed by atoms with Crippen LogP contribution in [-0.4, -0.2) is 24.8 Å². The fraction of sp³-hybridized carbons (Fsp3) is 0.480. The number of urea groups is 1. The van der Waals surface area contributed by atoms with E-state index in [1.54, 1.807) is 0 Å². The van der Waals surface area contributed by atoms with Gasteiger partial charge in [0.25, 0.3) is 0 Å². The number of nitrogens with one attached hydrogen (secondary N) is 2. The number of rotatable bonds is 6. The van der Waals surface area contributed by atoms with Gasteiger partial charge < -0.3 is 20.1 Å². The molecule has 2 aromatic rings. The maximum Gasteiger partial charge on any atom is 0.319 e. The summed E-state index contributed by atoms with van der Waals surface area (Å²) in [6, 6.07) is 15.7. The van der Waals surface area contributed by atoms with Crippen LogP contribution in [-0.2, 0) is 15.3 Å². The lowest BCUT2D eigenvalue weighted by atomic mass is 9.93. The smallest absolute Gasteiger partial charge is 0.319 e. The molecule has 1 aliphatic heterocycles. The molecule has 1 heterocycles. The molecule has 162 valence electrons. The van der Waals surface area contributed by atoms with Crippen LogP contribution in [0, 0.1) is 0 Å². The summed E-state index contributed by atoms with van der Waals surface area (Å²) in [4.78, 5) is 12.9. The van der Waals surface area contributed by atoms with E-state index >= 15 is 0 Å². The molecular formula is C25H34N2O3. The van der Waals surface area contributed by atoms with E-state index in [0.717, 1.165) is 22.4 Å². The Hall–Kier alpha value is -2.37. The maximum atomic E-state index is 12.9. The van der Waals surface area contributed by atoms with Crippen LogP contribution in [0.5, 0.6) is 0 Å². The Bertz CT molecular complexity index is 828. The van der Waals surface area contributed by atoms with Crippen molar-refractivity contribution in [3.8, 4) is 0 Å². The average Bonchev–Trinajstić information content (AvgIpc) is 3.02. The van der Waals surface area contributed by atoms with E-state index < -0.39 is 5.79 Å². The summed E-state index contributed by atoms with van der Waals surface area (Å²) in [5.41, 5.74) is 4.05. The number of hydrogen-bond acceptors (Lipinski definition) is 3. The van der Waals surface area contributed by atoms with Gasteiger partial charge >= 0.3 is 6.03 Å². The lowest BCUT2D eigenvalue weighted by Crippen LogP contribution is -2.44. The normalized spacial score (nSPS) is 23.7. The predicted octanol–water partition coefficient (Wildman–Crippen LogP) is 5.73. The largest absolute Gasteiger partial charge is 0.339 e. The zero-order chi connectivity index (χ0) is 21.9. The first-order valence-corrected chi connectivity index (χ1v) is 10.8. The molecule has 0 aromatic heterocycles. The molecule has 0 saturated carbocycles. The van der Waals surface area contributed by atoms with Crippen molar-refractivity contribution in [3.63, 3.8) is 0 Å². The van der Waals surface area contributed by atoms with E-state index in [4.69, 9.17) is 9.47 Å². The Morgan fingerprint density at radius 3 is 1.93 bits per heavy atom. The van der Waals surface area contributed by atoms with Gasteiger partial charge in [-0.1, -0.05) is 76.2 Å². The fourth-order valence-electron chi connectivity index (χ4n) is 3.88. The summed E-state index contributed by atoms with van der Waals surface area (Å²) in [6.07, 6.45) is -0.131. The summed E-state index contributed by atoms with van der Waals surface area (Å²) in [5, 5.41) is 6.08. The molecule has 0 unspecified atom stereocenters. The van der Waals surface area contributed by atoms with Crippen molar-refractivity contribution in [2.24, 2.45) is 0 Å². The number of benzene rings is 2. The molecule has 0 spiro atoms. The summed E-state index contributed by atoms with van der Waals surface area (Å²) < 4.78 is 12.4. The quantitative estimate of drug-likeness (QED) is 0.639. The van der Waals surface area contributed by atoms with Gasteiger partial charge in [-0.3, -0.25) is 0 Å². The van der Waals surface area contributed by atoms with Gasteiger partial charge in [0.1, 0.15) is 0 Å². The second kappa shape index (κ2) is 9.19. The van der Waals surface area contributed by atoms with Crippen molar-refractivity contribution in [1.82, 2.24) is 5.32 Å². The minimum absolute atomic E-state index is 0.0655. The number of para-hydroxylation sites is 1. The van der Waals surface area contributed by atoms with Crippen LogP contribution in [0.1, 0.15) is 70.1 Å². The van der Waals surface area contributed by atoms with Crippen LogP contribution >= 0.6 is 0 Å². The molecule has 1 aliphatic rings. The second-order valence-electron chi connectivity index (χ2n) is 8.69. The van der Waals surface area contributed by atoms with E-state index in [1.165, 1.54) is 0 Å². The van der Waals surface area contributed by atoms with Crippen LogP contribution < -0.4 is 10.6 Å². The molecule has 2 aromatic carbocycles. The highest BCUT2D eigenvalue weighted by Crippen LogP contribution is 2.37. The third-order valence-electron chi connectivity index (χ3n) is 5.72. The van der Waals surface area contributed by atoms with Crippen LogP contribution in [0.2, 0.25) is 0 Å². The Morgan fingerprint density at radius 2 is 1.43 bits per heavy atom. The lowest BCUT2D eigenvalue weighted by Gasteiger charge is -2.29. The molecule has 0 radical (unpaired) electrons. The molecule has 5 heteroatoms. The number of amides is 2. The number of hydrogen-bond donors (Lipinski definition) is 2. The number of carbonyl (C=O) groups excluding carboxylic acids is 1. The van der Waals surface area contributed by atoms with Gasteiger partial charge in [-0.15, -0.1) is 0 Å². The van der Waals surface area contributed by atoms with Crippen molar-refractivity contribution in [3.05, 3.63) is 65.2 Å². The third kappa shape index (κ3) is 4.68. The zero-order valence-corrected chi connectivity index (χ0v) is 18.9. The van der Waals surface area contributed by atoms with Crippen molar-refractivity contribution in [2.75, 3.05) is 11.9 Å². The summed E-state index contributed by atoms with van der Waals surface area (Å²) in [5.74, 6) is -0.383. The van der Waals surface area contributed by atoms with Gasteiger partial charge in [-0.25, -0.2) is 4.79 Å². The number of ether oxygens (including phenoxy) is 2. The van der Waals surface area contributed by atoms with E-state index in [2.05, 4.69) is 56.5 Å². The number of anilines is 1. The molecule has 3 atom stereocenters. The Balaban J connectivity index is 1.80. The van der Waals surface area contributed by atoms with E-state index in [9.17, 15) is 4.79 Å². The molecule has 30 heavy (non-hydrogen) atoms. The molecule has 5 nitrogen and oxygen atoms in total. The van der Waals surface area contributed by atoms with Gasteiger partial charge in [0.2, 0.25) is 5.79 Å². The monoisotopic (exact) mass is 410 g/mol. The molecule has 2 N–H and O–H groups in total. The minimum Gasteiger partial charge on any atom is -0.339 e. The van der Waals surface area contributed by atoms with Crippen molar-refractivity contribution >= 4 is 11.7 Å². The first kappa shape index (κ1) is 22.3. The van der Waals surface area contributed by atoms with Gasteiger partial charge in [-0.05, 0) is 36.8 Å². The molecule has 3 rings (SSSR count). The molecule has 2 amide bonds. The minimum atomic E-state index is -0.990. The summed E-state index contributed by atoms with van der Waals surface area (Å²) in [6.45, 7) is 12.7. The van der Waals surface area contributed by atoms with Crippen LogP contribution in [0.3, 0.4) is 0 Å². The van der Waals surface area contributed by atoms with Crippen molar-refractivity contribution in [1.29, 1.82) is 0 Å². The molecular weight excluding hydrogens is 376 g/mol. The standard InChI is InChI=1S/C25H34N2O3/c1-16(2)21-13-10-14-22(17(3)4)23(21)27-24(28)26-15-25(20-11-8-7-9-12-20)29-18(5)19(6)30-25/h7-14,16-19H,15H2,1-6H3,(H2,26,27,28)/t18-,19+,25+. The summed E-state index contributed by atoms with van der Waals surface area (Å²) >= 11 is 0. The Labute approximate surface area is 180 Å². The second-order valence-corrected chi connectivity index (χ2v) is 8.69. The topological polar surface area (TPSA) is 59.6 Å². The van der Waals surface area contributed by atoms with E-state index in [0.29, 0.717) is 11.8 Å². The van der Waals surface area contributed by atoms with Gasteiger partial charge in [0.05, 0.1) is 18.8 Å². The first-order chi connectivity index (χ1) is 14.2. The molecule has 1 saturated heterocycles. The highest BCUT2D eigenvalue weighted by Gasteiger charge is 2.45. The Kier molecular flexibility index (Phi) is 6.84. The fourth-order valence-corrected chi connectivity index (χ4v) is 3.88. The molecule has 0 bridgehead atoms. The highest BCUT2D eigenvalue weighted by molar-refractivity contribution is 5.91. The van der Waals surface area contributed by atoms with Gasteiger partial charge in [-0.2, -0.15) is 0 Å². The first-order valence-electron chi connectivity index (χ1n) is 10.8. The number of carbonyl (C=O) groups is 1. The van der Waals surface area contributed by atoms with Gasteiger partial charge in [0, 0.05) is 11.3 Å². The van der Waals surface area contributed by atoms with Crippen LogP contribution in [0.15, 0.2) is 48.5 Å². The average molecular weight is 411 g/mol. The molecule has 1 fully saturated rings. The van der Waals surface area contributed by atoms with E-state index in [1.807, 2.05) is 44.2 Å². The van der Waals surface area contributed by atoms with Gasteiger partial charge in [0.15, 0.2) is 0 Å². The molecule has 0 aliphatic carbocycles. The predicted molar refractivity (Wildman–Crippen MR) is 121 cm³/mol. The lowest BCUT2D eigenvalue weighted by molar-refractivity contribution is -0.176. The maximum absolute atomic E-state index is 12.9.